The molecule has 35 heavy (non-hydrogen) atoms. The molecule has 5 nitrogen and oxygen atoms in total. The molecule has 0 bridgehead atoms. The second kappa shape index (κ2) is 11.0. The Morgan fingerprint density at radius 3 is 2.69 bits per heavy atom. The van der Waals surface area contributed by atoms with Crippen molar-refractivity contribution >= 4 is 34.8 Å². The molecule has 0 saturated carbocycles. The van der Waals surface area contributed by atoms with Gasteiger partial charge in [0.2, 0.25) is 0 Å². The molecule has 3 N–H and O–H groups in total. The van der Waals surface area contributed by atoms with E-state index in [1.807, 2.05) is 67.1 Å². The lowest BCUT2D eigenvalue weighted by molar-refractivity contribution is 0.287. The molecule has 0 radical (unpaired) electrons. The molecule has 5 rings (SSSR count). The second-order valence-electron chi connectivity index (χ2n) is 8.26. The van der Waals surface area contributed by atoms with Crippen LogP contribution in [0.5, 0.6) is 5.75 Å². The highest BCUT2D eigenvalue weighted by Crippen LogP contribution is 2.26. The maximum atomic E-state index is 6.36. The third-order valence-electron chi connectivity index (χ3n) is 5.55. The number of nitrogens with one attached hydrogen (secondary N) is 1. The summed E-state index contributed by atoms with van der Waals surface area (Å²) >= 11 is 1.65. The minimum atomic E-state index is -0.120. The Morgan fingerprint density at radius 2 is 1.77 bits per heavy atom. The number of hydrogen-bond acceptors (Lipinski definition) is 5. The van der Waals surface area contributed by atoms with Crippen molar-refractivity contribution in [3.05, 3.63) is 114 Å². The highest BCUT2D eigenvalue weighted by Gasteiger charge is 2.10. The summed E-state index contributed by atoms with van der Waals surface area (Å²) in [5, 5.41) is 2.16. The number of fused-ring (bicyclic) bond motifs is 1. The van der Waals surface area contributed by atoms with Crippen LogP contribution in [0.15, 0.2) is 108 Å². The van der Waals surface area contributed by atoms with Crippen molar-refractivity contribution in [2.24, 2.45) is 5.73 Å². The number of nitrogens with zero attached hydrogens (tertiary/aromatic N) is 2. The average Bonchev–Trinajstić information content (AvgIpc) is 3.30. The van der Waals surface area contributed by atoms with Gasteiger partial charge in [0.15, 0.2) is 0 Å². The van der Waals surface area contributed by atoms with E-state index in [1.54, 1.807) is 18.0 Å². The van der Waals surface area contributed by atoms with Crippen molar-refractivity contribution in [1.29, 1.82) is 0 Å². The molecule has 0 spiro atoms. The number of benzene rings is 2. The van der Waals surface area contributed by atoms with Gasteiger partial charge in [0.1, 0.15) is 17.4 Å². The topological polar surface area (TPSA) is 76.8 Å². The van der Waals surface area contributed by atoms with Crippen LogP contribution in [-0.4, -0.2) is 27.6 Å². The predicted molar refractivity (Wildman–Crippen MR) is 143 cm³/mol. The Morgan fingerprint density at radius 1 is 0.943 bits per heavy atom. The summed E-state index contributed by atoms with van der Waals surface area (Å²) < 4.78 is 5.96. The van der Waals surface area contributed by atoms with E-state index < -0.39 is 0 Å². The predicted octanol–water partition coefficient (Wildman–Crippen LogP) is 6.23. The zero-order valence-corrected chi connectivity index (χ0v) is 20.0. The number of hydrogen-bond donors (Lipinski definition) is 2. The largest absolute Gasteiger partial charge is 0.490 e. The SMILES string of the molecule is N[C@H](COc1cncc(/C=C/c2ccnc(Sc3ccccc3)c2)c1)Cc1c[nH]c2ccccc12. The average molecular weight is 479 g/mol. The van der Waals surface area contributed by atoms with Crippen molar-refractivity contribution in [2.45, 2.75) is 22.4 Å². The van der Waals surface area contributed by atoms with Gasteiger partial charge in [-0.15, -0.1) is 0 Å². The van der Waals surface area contributed by atoms with Gasteiger partial charge < -0.3 is 15.5 Å². The van der Waals surface area contributed by atoms with Crippen LogP contribution in [0, 0.1) is 0 Å². The van der Waals surface area contributed by atoms with E-state index in [9.17, 15) is 0 Å². The summed E-state index contributed by atoms with van der Waals surface area (Å²) in [6, 6.07) is 24.4. The first-order chi connectivity index (χ1) is 17.2. The van der Waals surface area contributed by atoms with Crippen LogP contribution in [0.1, 0.15) is 16.7 Å². The van der Waals surface area contributed by atoms with Gasteiger partial charge >= 0.3 is 0 Å². The van der Waals surface area contributed by atoms with Crippen molar-refractivity contribution in [2.75, 3.05) is 6.61 Å². The van der Waals surface area contributed by atoms with E-state index in [0.717, 1.165) is 33.0 Å². The summed E-state index contributed by atoms with van der Waals surface area (Å²) in [4.78, 5) is 13.3. The molecule has 174 valence electrons. The molecule has 1 atom stereocenters. The van der Waals surface area contributed by atoms with Crippen molar-refractivity contribution in [3.63, 3.8) is 0 Å². The van der Waals surface area contributed by atoms with E-state index >= 15 is 0 Å². The molecule has 5 aromatic rings. The molecule has 0 unspecified atom stereocenters. The maximum Gasteiger partial charge on any atom is 0.138 e. The van der Waals surface area contributed by atoms with Gasteiger partial charge in [-0.1, -0.05) is 60.3 Å². The first-order valence-corrected chi connectivity index (χ1v) is 12.3. The molecular weight excluding hydrogens is 452 g/mol. The number of nitrogens with two attached hydrogens (primary N) is 1. The highest BCUT2D eigenvalue weighted by atomic mass is 32.2. The van der Waals surface area contributed by atoms with Gasteiger partial charge in [-0.2, -0.15) is 0 Å². The Bertz CT molecular complexity index is 1430. The van der Waals surface area contributed by atoms with Crippen LogP contribution in [-0.2, 0) is 6.42 Å². The fourth-order valence-electron chi connectivity index (χ4n) is 3.84. The van der Waals surface area contributed by atoms with Crippen LogP contribution >= 0.6 is 11.8 Å². The second-order valence-corrected chi connectivity index (χ2v) is 9.36. The lowest BCUT2D eigenvalue weighted by Gasteiger charge is -2.13. The zero-order valence-electron chi connectivity index (χ0n) is 19.2. The zero-order chi connectivity index (χ0) is 23.9. The van der Waals surface area contributed by atoms with E-state index in [-0.39, 0.29) is 6.04 Å². The number of aromatic amines is 1. The van der Waals surface area contributed by atoms with Gasteiger partial charge in [-0.25, -0.2) is 4.98 Å². The maximum absolute atomic E-state index is 6.36. The van der Waals surface area contributed by atoms with Gasteiger partial charge in [-0.05, 0) is 59.5 Å². The lowest BCUT2D eigenvalue weighted by Crippen LogP contribution is -2.30. The standard InChI is InChI=1S/C29H26N4OS/c30-24(16-23-18-33-28-9-5-4-8-27(23)28)20-34-25-14-22(17-31-19-25)11-10-21-12-13-32-29(15-21)35-26-6-2-1-3-7-26/h1-15,17-19,24,33H,16,20,30H2/b11-10+/t24-/m0/s1. The number of pyridine rings is 2. The fourth-order valence-corrected chi connectivity index (χ4v) is 4.68. The number of ether oxygens (including phenoxy) is 1. The number of aromatic nitrogens is 3. The summed E-state index contributed by atoms with van der Waals surface area (Å²) in [5.74, 6) is 0.705. The van der Waals surface area contributed by atoms with E-state index in [4.69, 9.17) is 10.5 Å². The number of para-hydroxylation sites is 1. The molecular formula is C29H26N4OS. The Hall–Kier alpha value is -3.87. The summed E-state index contributed by atoms with van der Waals surface area (Å²) in [6.45, 7) is 0.415. The van der Waals surface area contributed by atoms with Crippen LogP contribution < -0.4 is 10.5 Å². The molecule has 0 saturated heterocycles. The molecule has 0 fully saturated rings. The van der Waals surface area contributed by atoms with Gasteiger partial charge in [0.25, 0.3) is 0 Å². The molecule has 0 aliphatic rings. The number of H-pyrrole nitrogens is 1. The summed E-state index contributed by atoms with van der Waals surface area (Å²) in [7, 11) is 0. The first-order valence-electron chi connectivity index (χ1n) is 11.5. The van der Waals surface area contributed by atoms with Crippen molar-refractivity contribution in [1.82, 2.24) is 15.0 Å². The van der Waals surface area contributed by atoms with E-state index in [0.29, 0.717) is 12.4 Å². The van der Waals surface area contributed by atoms with Crippen molar-refractivity contribution in [3.8, 4) is 5.75 Å². The smallest absolute Gasteiger partial charge is 0.138 e. The third-order valence-corrected chi connectivity index (χ3v) is 6.49. The summed E-state index contributed by atoms with van der Waals surface area (Å²) in [5.41, 5.74) is 10.7. The minimum Gasteiger partial charge on any atom is -0.490 e. The number of rotatable bonds is 9. The van der Waals surface area contributed by atoms with Crippen molar-refractivity contribution < 1.29 is 4.74 Å². The quantitative estimate of drug-likeness (QED) is 0.263. The minimum absolute atomic E-state index is 0.120. The monoisotopic (exact) mass is 478 g/mol. The van der Waals surface area contributed by atoms with Crippen LogP contribution in [0.4, 0.5) is 0 Å². The summed E-state index contributed by atoms with van der Waals surface area (Å²) in [6.07, 6.45) is 12.2. The van der Waals surface area contributed by atoms with Crippen LogP contribution in [0.25, 0.3) is 23.1 Å². The van der Waals surface area contributed by atoms with Gasteiger partial charge in [0, 0.05) is 40.4 Å². The first kappa shape index (κ1) is 22.9. The highest BCUT2D eigenvalue weighted by molar-refractivity contribution is 7.99. The molecule has 6 heteroatoms. The lowest BCUT2D eigenvalue weighted by atomic mass is 10.1. The fraction of sp³-hybridized carbons (Fsp3) is 0.103. The molecule has 3 heterocycles. The third kappa shape index (κ3) is 6.18. The molecule has 2 aromatic carbocycles. The van der Waals surface area contributed by atoms with E-state index in [1.165, 1.54) is 10.9 Å². The van der Waals surface area contributed by atoms with Gasteiger partial charge in [-0.3, -0.25) is 4.98 Å². The van der Waals surface area contributed by atoms with E-state index in [2.05, 4.69) is 51.4 Å². The van der Waals surface area contributed by atoms with Crippen LogP contribution in [0.3, 0.4) is 0 Å². The normalized spacial score (nSPS) is 12.3. The molecule has 0 amide bonds. The Labute approximate surface area is 209 Å². The molecule has 3 aromatic heterocycles. The molecule has 0 aliphatic heterocycles. The Balaban J connectivity index is 1.19. The Kier molecular flexibility index (Phi) is 7.22. The van der Waals surface area contributed by atoms with Gasteiger partial charge in [0.05, 0.1) is 6.20 Å². The molecule has 0 aliphatic carbocycles. The van der Waals surface area contributed by atoms with Crippen LogP contribution in [0.2, 0.25) is 0 Å².